The van der Waals surface area contributed by atoms with Gasteiger partial charge in [0.2, 0.25) is 0 Å². The maximum Gasteiger partial charge on any atom is 0.410 e. The first kappa shape index (κ1) is 22.0. The smallest absolute Gasteiger partial charge is 0.410 e. The molecule has 7 heteroatoms. The first-order chi connectivity index (χ1) is 14.4. The van der Waals surface area contributed by atoms with Crippen molar-refractivity contribution in [1.82, 2.24) is 10.2 Å². The quantitative estimate of drug-likeness (QED) is 0.722. The van der Waals surface area contributed by atoms with E-state index < -0.39 is 18.3 Å². The molecule has 1 N–H and O–H groups in total. The summed E-state index contributed by atoms with van der Waals surface area (Å²) in [4.78, 5) is 14.3. The summed E-state index contributed by atoms with van der Waals surface area (Å²) in [6.45, 7) is 4.94. The zero-order valence-corrected chi connectivity index (χ0v) is 17.3. The summed E-state index contributed by atoms with van der Waals surface area (Å²) in [6.07, 6.45) is -1.22. The van der Waals surface area contributed by atoms with Crippen LogP contribution in [-0.2, 0) is 17.9 Å². The predicted octanol–water partition coefficient (Wildman–Crippen LogP) is 4.45. The summed E-state index contributed by atoms with van der Waals surface area (Å²) in [5.41, 5.74) is 1.53. The Labute approximate surface area is 176 Å². The minimum Gasteiger partial charge on any atom is -0.491 e. The SMILES string of the molecule is CC(C)Oc1ccc(COC(=O)N(Cc2ccc(F)cc2)[C@H]2CCNC[C@H]2F)cc1. The van der Waals surface area contributed by atoms with Crippen molar-refractivity contribution in [2.75, 3.05) is 13.1 Å². The van der Waals surface area contributed by atoms with Crippen molar-refractivity contribution in [2.24, 2.45) is 0 Å². The largest absolute Gasteiger partial charge is 0.491 e. The Balaban J connectivity index is 1.67. The van der Waals surface area contributed by atoms with Crippen molar-refractivity contribution in [1.29, 1.82) is 0 Å². The number of benzene rings is 2. The standard InChI is InChI=1S/C23H28F2N2O3/c1-16(2)30-20-9-5-18(6-10-20)15-29-23(28)27(22-11-12-26-13-21(22)25)14-17-3-7-19(24)8-4-17/h3-10,16,21-22,26H,11-15H2,1-2H3/t21-,22+/m1/s1. The highest BCUT2D eigenvalue weighted by Crippen LogP contribution is 2.21. The van der Waals surface area contributed by atoms with Gasteiger partial charge in [-0.05, 0) is 62.2 Å². The number of piperidine rings is 1. The van der Waals surface area contributed by atoms with Gasteiger partial charge >= 0.3 is 6.09 Å². The average Bonchev–Trinajstić information content (AvgIpc) is 2.73. The second-order valence-corrected chi connectivity index (χ2v) is 7.70. The van der Waals surface area contributed by atoms with E-state index in [0.29, 0.717) is 18.5 Å². The van der Waals surface area contributed by atoms with E-state index in [1.54, 1.807) is 12.1 Å². The molecule has 1 amide bonds. The van der Waals surface area contributed by atoms with Gasteiger partial charge in [-0.25, -0.2) is 13.6 Å². The number of amides is 1. The highest BCUT2D eigenvalue weighted by Gasteiger charge is 2.34. The Morgan fingerprint density at radius 1 is 1.13 bits per heavy atom. The number of hydrogen-bond acceptors (Lipinski definition) is 4. The third-order valence-electron chi connectivity index (χ3n) is 4.93. The molecule has 30 heavy (non-hydrogen) atoms. The van der Waals surface area contributed by atoms with Gasteiger partial charge < -0.3 is 14.8 Å². The van der Waals surface area contributed by atoms with Crippen LogP contribution in [0.25, 0.3) is 0 Å². The minimum atomic E-state index is -1.20. The van der Waals surface area contributed by atoms with E-state index >= 15 is 0 Å². The zero-order chi connectivity index (χ0) is 21.5. The van der Waals surface area contributed by atoms with Crippen LogP contribution in [0.4, 0.5) is 13.6 Å². The Morgan fingerprint density at radius 2 is 1.80 bits per heavy atom. The van der Waals surface area contributed by atoms with Crippen LogP contribution in [0.3, 0.4) is 0 Å². The van der Waals surface area contributed by atoms with Crippen LogP contribution >= 0.6 is 0 Å². The van der Waals surface area contributed by atoms with Gasteiger partial charge in [-0.1, -0.05) is 24.3 Å². The monoisotopic (exact) mass is 418 g/mol. The van der Waals surface area contributed by atoms with Crippen LogP contribution in [0, 0.1) is 5.82 Å². The number of nitrogens with one attached hydrogen (secondary N) is 1. The van der Waals surface area contributed by atoms with Crippen molar-refractivity contribution < 1.29 is 23.0 Å². The molecule has 1 saturated heterocycles. The summed E-state index contributed by atoms with van der Waals surface area (Å²) in [7, 11) is 0. The van der Waals surface area contributed by atoms with E-state index in [1.807, 2.05) is 38.1 Å². The average molecular weight is 418 g/mol. The Bertz CT molecular complexity index is 812. The summed E-state index contributed by atoms with van der Waals surface area (Å²) in [5, 5.41) is 2.99. The summed E-state index contributed by atoms with van der Waals surface area (Å²) in [5.74, 6) is 0.385. The minimum absolute atomic E-state index is 0.0721. The van der Waals surface area contributed by atoms with Gasteiger partial charge in [0.1, 0.15) is 24.3 Å². The van der Waals surface area contributed by atoms with Crippen LogP contribution in [0.2, 0.25) is 0 Å². The van der Waals surface area contributed by atoms with Gasteiger partial charge in [-0.2, -0.15) is 0 Å². The molecule has 2 aromatic carbocycles. The van der Waals surface area contributed by atoms with Crippen molar-refractivity contribution in [3.05, 3.63) is 65.5 Å². The molecule has 3 rings (SSSR count). The Hall–Kier alpha value is -2.67. The van der Waals surface area contributed by atoms with E-state index in [4.69, 9.17) is 9.47 Å². The van der Waals surface area contributed by atoms with Crippen LogP contribution in [-0.4, -0.2) is 42.4 Å². The summed E-state index contributed by atoms with van der Waals surface area (Å²) < 4.78 is 38.9. The van der Waals surface area contributed by atoms with Gasteiger partial charge in [-0.15, -0.1) is 0 Å². The number of alkyl halides is 1. The van der Waals surface area contributed by atoms with E-state index in [9.17, 15) is 13.6 Å². The molecule has 1 aliphatic heterocycles. The van der Waals surface area contributed by atoms with E-state index in [-0.39, 0.29) is 31.6 Å². The third kappa shape index (κ3) is 6.16. The van der Waals surface area contributed by atoms with Crippen molar-refractivity contribution in [3.8, 4) is 5.75 Å². The maximum absolute atomic E-state index is 14.6. The number of carbonyl (C=O) groups excluding carboxylic acids is 1. The third-order valence-corrected chi connectivity index (χ3v) is 4.93. The molecular formula is C23H28F2N2O3. The fraction of sp³-hybridized carbons (Fsp3) is 0.435. The number of halogens is 2. The number of carbonyl (C=O) groups is 1. The van der Waals surface area contributed by atoms with Crippen LogP contribution < -0.4 is 10.1 Å². The summed E-state index contributed by atoms with van der Waals surface area (Å²) in [6, 6.07) is 12.6. The van der Waals surface area contributed by atoms with E-state index in [1.165, 1.54) is 17.0 Å². The van der Waals surface area contributed by atoms with Gasteiger partial charge in [0, 0.05) is 13.1 Å². The molecule has 162 valence electrons. The molecular weight excluding hydrogens is 390 g/mol. The van der Waals surface area contributed by atoms with E-state index in [0.717, 1.165) is 11.3 Å². The van der Waals surface area contributed by atoms with Crippen molar-refractivity contribution in [3.63, 3.8) is 0 Å². The molecule has 1 heterocycles. The highest BCUT2D eigenvalue weighted by atomic mass is 19.1. The van der Waals surface area contributed by atoms with Crippen LogP contribution in [0.5, 0.6) is 5.75 Å². The molecule has 1 aliphatic rings. The molecule has 2 aromatic rings. The Kier molecular flexibility index (Phi) is 7.63. The predicted molar refractivity (Wildman–Crippen MR) is 111 cm³/mol. The van der Waals surface area contributed by atoms with Gasteiger partial charge in [-0.3, -0.25) is 4.90 Å². The molecule has 1 fully saturated rings. The topological polar surface area (TPSA) is 50.8 Å². The number of ether oxygens (including phenoxy) is 2. The molecule has 0 spiro atoms. The fourth-order valence-corrected chi connectivity index (χ4v) is 3.43. The van der Waals surface area contributed by atoms with Gasteiger partial charge in [0.05, 0.1) is 12.1 Å². The van der Waals surface area contributed by atoms with Crippen molar-refractivity contribution in [2.45, 2.75) is 51.7 Å². The lowest BCUT2D eigenvalue weighted by molar-refractivity contribution is 0.0442. The lowest BCUT2D eigenvalue weighted by Crippen LogP contribution is -2.52. The highest BCUT2D eigenvalue weighted by molar-refractivity contribution is 5.68. The molecule has 0 aromatic heterocycles. The molecule has 0 aliphatic carbocycles. The molecule has 0 unspecified atom stereocenters. The number of hydrogen-bond donors (Lipinski definition) is 1. The normalized spacial score (nSPS) is 18.8. The van der Waals surface area contributed by atoms with Crippen LogP contribution in [0.1, 0.15) is 31.4 Å². The first-order valence-electron chi connectivity index (χ1n) is 10.2. The maximum atomic E-state index is 14.6. The molecule has 0 bridgehead atoms. The van der Waals surface area contributed by atoms with E-state index in [2.05, 4.69) is 5.32 Å². The summed E-state index contributed by atoms with van der Waals surface area (Å²) >= 11 is 0. The van der Waals surface area contributed by atoms with Crippen LogP contribution in [0.15, 0.2) is 48.5 Å². The zero-order valence-electron chi connectivity index (χ0n) is 17.3. The second kappa shape index (κ2) is 10.4. The first-order valence-corrected chi connectivity index (χ1v) is 10.2. The number of nitrogens with zero attached hydrogens (tertiary/aromatic N) is 1. The second-order valence-electron chi connectivity index (χ2n) is 7.70. The molecule has 0 radical (unpaired) electrons. The lowest BCUT2D eigenvalue weighted by Gasteiger charge is -2.36. The fourth-order valence-electron chi connectivity index (χ4n) is 3.43. The molecule has 5 nitrogen and oxygen atoms in total. The van der Waals surface area contributed by atoms with Gasteiger partial charge in [0.15, 0.2) is 0 Å². The lowest BCUT2D eigenvalue weighted by atomic mass is 10.0. The number of rotatable bonds is 7. The molecule has 2 atom stereocenters. The van der Waals surface area contributed by atoms with Crippen molar-refractivity contribution >= 4 is 6.09 Å². The van der Waals surface area contributed by atoms with Gasteiger partial charge in [0.25, 0.3) is 0 Å². The molecule has 0 saturated carbocycles. The Morgan fingerprint density at radius 3 is 2.43 bits per heavy atom.